The van der Waals surface area contributed by atoms with Crippen molar-refractivity contribution in [3.63, 3.8) is 0 Å². The van der Waals surface area contributed by atoms with Crippen LogP contribution in [0.2, 0.25) is 0 Å². The molecule has 6 nitrogen and oxygen atoms in total. The number of hydrogen-bond donors (Lipinski definition) is 2. The minimum atomic E-state index is -0.315. The number of hydrogen-bond acceptors (Lipinski definition) is 5. The summed E-state index contributed by atoms with van der Waals surface area (Å²) < 4.78 is 0. The van der Waals surface area contributed by atoms with Crippen LogP contribution in [0.25, 0.3) is 0 Å². The Hall–Kier alpha value is -1.34. The lowest BCUT2D eigenvalue weighted by molar-refractivity contribution is 0.0945. The smallest absolute Gasteiger partial charge is 0.270 e. The number of likely N-dealkylation sites (N-methyl/N-ethyl adjacent to an activating group) is 1. The molecule has 0 radical (unpaired) electrons. The highest BCUT2D eigenvalue weighted by atomic mass is 32.2. The molecule has 100 valence electrons. The fraction of sp³-hybridized carbons (Fsp3) is 0.545. The maximum absolute atomic E-state index is 11.8. The fourth-order valence-electron chi connectivity index (χ4n) is 1.31. The van der Waals surface area contributed by atoms with E-state index >= 15 is 0 Å². The molecule has 0 saturated carbocycles. The van der Waals surface area contributed by atoms with Gasteiger partial charge in [0.1, 0.15) is 11.5 Å². The number of aromatic nitrogens is 2. The van der Waals surface area contributed by atoms with Gasteiger partial charge in [0.2, 0.25) is 0 Å². The first-order chi connectivity index (χ1) is 8.52. The Bertz CT molecular complexity index is 459. The summed E-state index contributed by atoms with van der Waals surface area (Å²) in [5.74, 6) is 0.784. The number of amides is 1. The largest absolute Gasteiger partial charge is 0.349 e. The molecule has 0 unspecified atom stereocenters. The topological polar surface area (TPSA) is 78.1 Å². The van der Waals surface area contributed by atoms with E-state index in [4.69, 9.17) is 0 Å². The van der Waals surface area contributed by atoms with E-state index in [1.165, 1.54) is 17.8 Å². The zero-order valence-corrected chi connectivity index (χ0v) is 11.6. The van der Waals surface area contributed by atoms with Gasteiger partial charge in [0.15, 0.2) is 0 Å². The van der Waals surface area contributed by atoms with Crippen LogP contribution in [0.5, 0.6) is 0 Å². The highest BCUT2D eigenvalue weighted by molar-refractivity contribution is 7.97. The number of aromatic amines is 1. The average molecular weight is 270 g/mol. The number of carbonyl (C=O) groups is 1. The SMILES string of the molecule is CSCc1nc(C(=O)NCCN(C)C)cc(=O)[nH]1. The molecule has 0 bridgehead atoms. The molecule has 18 heavy (non-hydrogen) atoms. The molecule has 0 aliphatic carbocycles. The van der Waals surface area contributed by atoms with Gasteiger partial charge < -0.3 is 15.2 Å². The van der Waals surface area contributed by atoms with Crippen molar-refractivity contribution >= 4 is 17.7 Å². The van der Waals surface area contributed by atoms with Gasteiger partial charge in [-0.05, 0) is 20.4 Å². The number of nitrogens with zero attached hydrogens (tertiary/aromatic N) is 2. The van der Waals surface area contributed by atoms with Crippen molar-refractivity contribution in [2.24, 2.45) is 0 Å². The first-order valence-electron chi connectivity index (χ1n) is 5.55. The van der Waals surface area contributed by atoms with E-state index in [9.17, 15) is 9.59 Å². The fourth-order valence-corrected chi connectivity index (χ4v) is 1.72. The summed E-state index contributed by atoms with van der Waals surface area (Å²) >= 11 is 1.53. The summed E-state index contributed by atoms with van der Waals surface area (Å²) in [6.07, 6.45) is 1.91. The molecular weight excluding hydrogens is 252 g/mol. The lowest BCUT2D eigenvalue weighted by Gasteiger charge is -2.10. The van der Waals surface area contributed by atoms with Crippen LogP contribution in [-0.4, -0.2) is 54.2 Å². The Morgan fingerprint density at radius 3 is 2.89 bits per heavy atom. The van der Waals surface area contributed by atoms with Gasteiger partial charge in [0.25, 0.3) is 11.5 Å². The lowest BCUT2D eigenvalue weighted by atomic mass is 10.3. The summed E-state index contributed by atoms with van der Waals surface area (Å²) in [5, 5.41) is 2.72. The number of thioether (sulfide) groups is 1. The monoisotopic (exact) mass is 270 g/mol. The van der Waals surface area contributed by atoms with Crippen LogP contribution < -0.4 is 10.9 Å². The maximum Gasteiger partial charge on any atom is 0.270 e. The first-order valence-corrected chi connectivity index (χ1v) is 6.94. The highest BCUT2D eigenvalue weighted by Crippen LogP contribution is 2.02. The van der Waals surface area contributed by atoms with Crippen molar-refractivity contribution in [1.82, 2.24) is 20.2 Å². The zero-order valence-electron chi connectivity index (χ0n) is 10.8. The summed E-state index contributed by atoms with van der Waals surface area (Å²) in [6, 6.07) is 1.22. The second-order valence-corrected chi connectivity index (χ2v) is 4.94. The van der Waals surface area contributed by atoms with Crippen molar-refractivity contribution < 1.29 is 4.79 Å². The minimum absolute atomic E-state index is 0.168. The van der Waals surface area contributed by atoms with Crippen molar-refractivity contribution in [2.45, 2.75) is 5.75 Å². The molecule has 1 rings (SSSR count). The summed E-state index contributed by atoms with van der Waals surface area (Å²) in [6.45, 7) is 1.27. The molecule has 7 heteroatoms. The molecule has 0 aromatic carbocycles. The van der Waals surface area contributed by atoms with Crippen LogP contribution in [0, 0.1) is 0 Å². The molecule has 1 amide bonds. The third-order valence-electron chi connectivity index (χ3n) is 2.15. The molecular formula is C11H18N4O2S. The van der Waals surface area contributed by atoms with Crippen LogP contribution in [0.1, 0.15) is 16.3 Å². The summed E-state index contributed by atoms with van der Waals surface area (Å²) in [5.41, 5.74) is -0.131. The molecule has 0 aliphatic rings. The van der Waals surface area contributed by atoms with Crippen LogP contribution in [-0.2, 0) is 5.75 Å². The molecule has 0 spiro atoms. The number of carbonyl (C=O) groups excluding carboxylic acids is 1. The van der Waals surface area contributed by atoms with Crippen LogP contribution in [0.15, 0.2) is 10.9 Å². The second kappa shape index (κ2) is 7.17. The molecule has 0 atom stereocenters. The Kier molecular flexibility index (Phi) is 5.87. The zero-order chi connectivity index (χ0) is 13.5. The van der Waals surface area contributed by atoms with E-state index in [2.05, 4.69) is 15.3 Å². The van der Waals surface area contributed by atoms with Gasteiger partial charge in [-0.25, -0.2) is 4.98 Å². The maximum atomic E-state index is 11.8. The normalized spacial score (nSPS) is 10.7. The van der Waals surface area contributed by atoms with Gasteiger partial charge in [-0.15, -0.1) is 0 Å². The Balaban J connectivity index is 2.70. The van der Waals surface area contributed by atoms with Gasteiger partial charge in [0, 0.05) is 19.2 Å². The van der Waals surface area contributed by atoms with E-state index in [0.717, 1.165) is 6.54 Å². The number of nitrogens with one attached hydrogen (secondary N) is 2. The van der Waals surface area contributed by atoms with E-state index in [1.54, 1.807) is 0 Å². The Labute approximate surface area is 110 Å². The van der Waals surface area contributed by atoms with Crippen molar-refractivity contribution in [3.05, 3.63) is 27.9 Å². The second-order valence-electron chi connectivity index (χ2n) is 4.07. The van der Waals surface area contributed by atoms with Crippen LogP contribution in [0.4, 0.5) is 0 Å². The third kappa shape index (κ3) is 4.89. The number of rotatable bonds is 6. The standard InChI is InChI=1S/C11H18N4O2S/c1-15(2)5-4-12-11(17)8-6-10(16)14-9(13-8)7-18-3/h6H,4-5,7H2,1-3H3,(H,12,17)(H,13,14,16). The molecule has 1 heterocycles. The van der Waals surface area contributed by atoms with E-state index in [-0.39, 0.29) is 17.2 Å². The number of H-pyrrole nitrogens is 1. The van der Waals surface area contributed by atoms with Crippen LogP contribution in [0.3, 0.4) is 0 Å². The Morgan fingerprint density at radius 1 is 1.56 bits per heavy atom. The summed E-state index contributed by atoms with van der Waals surface area (Å²) in [7, 11) is 3.85. The average Bonchev–Trinajstić information content (AvgIpc) is 2.28. The molecule has 0 saturated heterocycles. The third-order valence-corrected chi connectivity index (χ3v) is 2.71. The molecule has 0 fully saturated rings. The predicted molar refractivity (Wildman–Crippen MR) is 73.0 cm³/mol. The predicted octanol–water partition coefficient (Wildman–Crippen LogP) is -0.0757. The molecule has 0 aliphatic heterocycles. The van der Waals surface area contributed by atoms with Gasteiger partial charge in [0.05, 0.1) is 5.75 Å². The lowest BCUT2D eigenvalue weighted by Crippen LogP contribution is -2.32. The highest BCUT2D eigenvalue weighted by Gasteiger charge is 2.09. The van der Waals surface area contributed by atoms with Gasteiger partial charge in [-0.1, -0.05) is 0 Å². The van der Waals surface area contributed by atoms with E-state index in [1.807, 2.05) is 25.3 Å². The van der Waals surface area contributed by atoms with Crippen molar-refractivity contribution in [3.8, 4) is 0 Å². The molecule has 1 aromatic heterocycles. The van der Waals surface area contributed by atoms with Gasteiger partial charge >= 0.3 is 0 Å². The quantitative estimate of drug-likeness (QED) is 0.756. The minimum Gasteiger partial charge on any atom is -0.349 e. The van der Waals surface area contributed by atoms with E-state index < -0.39 is 0 Å². The molecule has 1 aromatic rings. The van der Waals surface area contributed by atoms with Gasteiger partial charge in [-0.2, -0.15) is 11.8 Å². The van der Waals surface area contributed by atoms with Gasteiger partial charge in [-0.3, -0.25) is 9.59 Å². The van der Waals surface area contributed by atoms with E-state index in [0.29, 0.717) is 18.1 Å². The first kappa shape index (κ1) is 14.7. The van der Waals surface area contributed by atoms with Crippen molar-refractivity contribution in [1.29, 1.82) is 0 Å². The summed E-state index contributed by atoms with van der Waals surface area (Å²) in [4.78, 5) is 31.8. The molecule has 2 N–H and O–H groups in total. The van der Waals surface area contributed by atoms with Crippen LogP contribution >= 0.6 is 11.8 Å². The Morgan fingerprint density at radius 2 is 2.28 bits per heavy atom. The van der Waals surface area contributed by atoms with Crippen molar-refractivity contribution in [2.75, 3.05) is 33.4 Å².